The molecule has 1 amide bonds. The van der Waals surface area contributed by atoms with Crippen LogP contribution in [0.15, 0.2) is 42.7 Å². The van der Waals surface area contributed by atoms with E-state index in [1.54, 1.807) is 6.20 Å². The normalized spacial score (nSPS) is 14.2. The van der Waals surface area contributed by atoms with Crippen LogP contribution in [0.2, 0.25) is 0 Å². The van der Waals surface area contributed by atoms with E-state index in [-0.39, 0.29) is 19.0 Å². The van der Waals surface area contributed by atoms with Crippen LogP contribution in [0, 0.1) is 0 Å². The first-order valence-corrected chi connectivity index (χ1v) is 9.64. The Morgan fingerprint density at radius 1 is 1.17 bits per heavy atom. The second kappa shape index (κ2) is 8.26. The Labute approximate surface area is 167 Å². The molecule has 2 heterocycles. The van der Waals surface area contributed by atoms with E-state index in [9.17, 15) is 9.59 Å². The van der Waals surface area contributed by atoms with E-state index in [0.717, 1.165) is 24.1 Å². The summed E-state index contributed by atoms with van der Waals surface area (Å²) in [6, 6.07) is 10.1. The number of hydrogen-bond donors (Lipinski definition) is 2. The van der Waals surface area contributed by atoms with Crippen molar-refractivity contribution >= 4 is 11.9 Å². The van der Waals surface area contributed by atoms with E-state index < -0.39 is 5.97 Å². The van der Waals surface area contributed by atoms with Gasteiger partial charge in [-0.1, -0.05) is 48.4 Å². The number of benzene rings is 1. The van der Waals surface area contributed by atoms with Gasteiger partial charge in [0.1, 0.15) is 12.2 Å². The molecule has 3 aromatic rings. The fraction of sp³-hybridized carbons (Fsp3) is 0.350. The van der Waals surface area contributed by atoms with Crippen molar-refractivity contribution in [3.05, 3.63) is 54.0 Å². The lowest BCUT2D eigenvalue weighted by Gasteiger charge is -2.15. The minimum absolute atomic E-state index is 0.154. The first-order chi connectivity index (χ1) is 14.1. The summed E-state index contributed by atoms with van der Waals surface area (Å²) in [6.45, 7) is -0.117. The molecule has 0 unspecified atom stereocenters. The number of hydrogen-bond acceptors (Lipinski definition) is 5. The highest BCUT2D eigenvalue weighted by molar-refractivity contribution is 5.99. The van der Waals surface area contributed by atoms with Crippen molar-refractivity contribution in [3.63, 3.8) is 0 Å². The summed E-state index contributed by atoms with van der Waals surface area (Å²) in [5.41, 5.74) is 2.78. The Hall–Kier alpha value is -3.49. The first kappa shape index (κ1) is 18.9. The van der Waals surface area contributed by atoms with Crippen LogP contribution in [0.3, 0.4) is 0 Å². The van der Waals surface area contributed by atoms with Gasteiger partial charge >= 0.3 is 5.97 Å². The van der Waals surface area contributed by atoms with Gasteiger partial charge in [0.05, 0.1) is 36.2 Å². The third-order valence-corrected chi connectivity index (χ3v) is 5.07. The highest BCUT2D eigenvalue weighted by Gasteiger charge is 2.25. The third-order valence-electron chi connectivity index (χ3n) is 5.07. The number of carbonyl (C=O) groups is 2. The molecule has 2 N–H and O–H groups in total. The highest BCUT2D eigenvalue weighted by Crippen LogP contribution is 2.34. The van der Waals surface area contributed by atoms with E-state index in [1.807, 2.05) is 35.0 Å². The maximum absolute atomic E-state index is 12.9. The highest BCUT2D eigenvalue weighted by atomic mass is 16.4. The average Bonchev–Trinajstić information content (AvgIpc) is 3.46. The van der Waals surface area contributed by atoms with Gasteiger partial charge in [0.15, 0.2) is 0 Å². The van der Waals surface area contributed by atoms with Crippen LogP contribution in [0.5, 0.6) is 0 Å². The van der Waals surface area contributed by atoms with Crippen LogP contribution in [-0.2, 0) is 17.9 Å². The molecule has 1 aliphatic carbocycles. The van der Waals surface area contributed by atoms with E-state index >= 15 is 0 Å². The summed E-state index contributed by atoms with van der Waals surface area (Å²) in [6.07, 6.45) is 7.61. The number of amides is 1. The maximum atomic E-state index is 12.9. The van der Waals surface area contributed by atoms with Crippen molar-refractivity contribution in [3.8, 4) is 11.3 Å². The predicted molar refractivity (Wildman–Crippen MR) is 104 cm³/mol. The van der Waals surface area contributed by atoms with Gasteiger partial charge in [-0.3, -0.25) is 14.3 Å². The monoisotopic (exact) mass is 394 g/mol. The van der Waals surface area contributed by atoms with Crippen LogP contribution in [0.4, 0.5) is 0 Å². The third kappa shape index (κ3) is 4.18. The van der Waals surface area contributed by atoms with Gasteiger partial charge in [0, 0.05) is 5.56 Å². The van der Waals surface area contributed by atoms with Crippen LogP contribution in [-0.4, -0.2) is 41.8 Å². The molecule has 150 valence electrons. The van der Waals surface area contributed by atoms with Crippen molar-refractivity contribution in [1.82, 2.24) is 30.1 Å². The van der Waals surface area contributed by atoms with Crippen LogP contribution >= 0.6 is 0 Å². The average molecular weight is 394 g/mol. The summed E-state index contributed by atoms with van der Waals surface area (Å²) in [5, 5.41) is 23.8. The number of aliphatic carboxylic acids is 1. The second-order valence-corrected chi connectivity index (χ2v) is 7.14. The molecule has 1 fully saturated rings. The second-order valence-electron chi connectivity index (χ2n) is 7.14. The zero-order valence-electron chi connectivity index (χ0n) is 15.9. The number of nitrogens with zero attached hydrogens (tertiary/aromatic N) is 5. The van der Waals surface area contributed by atoms with E-state index in [1.165, 1.54) is 23.7 Å². The summed E-state index contributed by atoms with van der Waals surface area (Å²) in [7, 11) is 0. The Morgan fingerprint density at radius 3 is 2.66 bits per heavy atom. The van der Waals surface area contributed by atoms with Crippen molar-refractivity contribution < 1.29 is 14.7 Å². The zero-order valence-corrected chi connectivity index (χ0v) is 15.9. The number of aromatic nitrogens is 5. The summed E-state index contributed by atoms with van der Waals surface area (Å²) >= 11 is 0. The Morgan fingerprint density at radius 2 is 1.93 bits per heavy atom. The van der Waals surface area contributed by atoms with Crippen LogP contribution < -0.4 is 5.32 Å². The van der Waals surface area contributed by atoms with Gasteiger partial charge in [-0.15, -0.1) is 5.10 Å². The number of carbonyl (C=O) groups excluding carboxylic acids is 1. The smallest absolute Gasteiger partial charge is 0.325 e. The molecule has 0 spiro atoms. The number of carboxylic acids is 1. The summed E-state index contributed by atoms with van der Waals surface area (Å²) in [4.78, 5) is 23.7. The number of rotatable bonds is 7. The fourth-order valence-corrected chi connectivity index (χ4v) is 3.74. The lowest BCUT2D eigenvalue weighted by atomic mass is 10.1. The Bertz CT molecular complexity index is 1000. The van der Waals surface area contributed by atoms with Crippen LogP contribution in [0.25, 0.3) is 11.3 Å². The number of carboxylic acid groups (broad SMARTS) is 1. The van der Waals surface area contributed by atoms with Gasteiger partial charge in [-0.05, 0) is 12.8 Å². The van der Waals surface area contributed by atoms with Crippen molar-refractivity contribution in [1.29, 1.82) is 0 Å². The molecule has 1 aliphatic rings. The molecular weight excluding hydrogens is 372 g/mol. The summed E-state index contributed by atoms with van der Waals surface area (Å²) in [5.74, 6) is -1.25. The molecule has 1 aromatic carbocycles. The SMILES string of the molecule is O=C(O)Cn1cc(CNC(=O)c2cnn(C3CCCC3)c2-c2ccccc2)nn1. The molecule has 0 saturated heterocycles. The van der Waals surface area contributed by atoms with Crippen LogP contribution in [0.1, 0.15) is 47.8 Å². The topological polar surface area (TPSA) is 115 Å². The fourth-order valence-electron chi connectivity index (χ4n) is 3.74. The molecule has 0 radical (unpaired) electrons. The first-order valence-electron chi connectivity index (χ1n) is 9.64. The van der Waals surface area contributed by atoms with Crippen molar-refractivity contribution in [2.75, 3.05) is 0 Å². The Balaban J connectivity index is 1.55. The van der Waals surface area contributed by atoms with Gasteiger partial charge in [0.25, 0.3) is 5.91 Å². The molecule has 1 saturated carbocycles. The molecule has 9 heteroatoms. The molecule has 2 aromatic heterocycles. The molecule has 0 bridgehead atoms. The van der Waals surface area contributed by atoms with Crippen molar-refractivity contribution in [2.24, 2.45) is 0 Å². The van der Waals surface area contributed by atoms with Crippen molar-refractivity contribution in [2.45, 2.75) is 44.8 Å². The zero-order chi connectivity index (χ0) is 20.2. The van der Waals surface area contributed by atoms with Gasteiger partial charge in [-0.2, -0.15) is 5.10 Å². The van der Waals surface area contributed by atoms with E-state index in [2.05, 4.69) is 20.7 Å². The van der Waals surface area contributed by atoms with Gasteiger partial charge in [0.2, 0.25) is 0 Å². The van der Waals surface area contributed by atoms with Gasteiger partial charge in [-0.25, -0.2) is 4.68 Å². The molecule has 9 nitrogen and oxygen atoms in total. The number of nitrogens with one attached hydrogen (secondary N) is 1. The van der Waals surface area contributed by atoms with E-state index in [0.29, 0.717) is 17.3 Å². The van der Waals surface area contributed by atoms with Gasteiger partial charge < -0.3 is 10.4 Å². The standard InChI is InChI=1S/C20H22N6O3/c27-18(28)13-25-12-15(23-24-25)10-21-20(29)17-11-22-26(16-8-4-5-9-16)19(17)14-6-2-1-3-7-14/h1-3,6-7,11-12,16H,4-5,8-10,13H2,(H,21,29)(H,27,28). The lowest BCUT2D eigenvalue weighted by Crippen LogP contribution is -2.23. The Kier molecular flexibility index (Phi) is 5.37. The lowest BCUT2D eigenvalue weighted by molar-refractivity contribution is -0.137. The molecule has 4 rings (SSSR count). The maximum Gasteiger partial charge on any atom is 0.325 e. The largest absolute Gasteiger partial charge is 0.480 e. The minimum atomic E-state index is -1.00. The predicted octanol–water partition coefficient (Wildman–Crippen LogP) is 2.27. The quantitative estimate of drug-likeness (QED) is 0.635. The minimum Gasteiger partial charge on any atom is -0.480 e. The molecule has 29 heavy (non-hydrogen) atoms. The van der Waals surface area contributed by atoms with E-state index in [4.69, 9.17) is 5.11 Å². The molecule has 0 atom stereocenters. The molecular formula is C20H22N6O3. The molecule has 0 aliphatic heterocycles. The summed E-state index contributed by atoms with van der Waals surface area (Å²) < 4.78 is 3.21.